The summed E-state index contributed by atoms with van der Waals surface area (Å²) in [6.07, 6.45) is 2.21. The molecule has 1 fully saturated rings. The van der Waals surface area contributed by atoms with Gasteiger partial charge in [0, 0.05) is 31.1 Å². The number of ether oxygens (including phenoxy) is 1. The molecule has 0 spiro atoms. The highest BCUT2D eigenvalue weighted by molar-refractivity contribution is 5.94. The highest BCUT2D eigenvalue weighted by atomic mass is 16.5. The Morgan fingerprint density at radius 1 is 1.15 bits per heavy atom. The van der Waals surface area contributed by atoms with E-state index in [1.54, 1.807) is 12.1 Å². The van der Waals surface area contributed by atoms with E-state index >= 15 is 0 Å². The molecule has 5 heteroatoms. The van der Waals surface area contributed by atoms with Crippen LogP contribution >= 0.6 is 0 Å². The molecule has 2 amide bonds. The van der Waals surface area contributed by atoms with Gasteiger partial charge in [0.1, 0.15) is 5.75 Å². The van der Waals surface area contributed by atoms with Gasteiger partial charge in [-0.25, -0.2) is 0 Å². The highest BCUT2D eigenvalue weighted by Gasteiger charge is 2.24. The summed E-state index contributed by atoms with van der Waals surface area (Å²) in [7, 11) is 0. The van der Waals surface area contributed by atoms with Gasteiger partial charge in [0.25, 0.3) is 5.91 Å². The van der Waals surface area contributed by atoms with Crippen LogP contribution in [0.3, 0.4) is 0 Å². The number of hydrogen-bond acceptors (Lipinski definition) is 3. The molecule has 1 aliphatic heterocycles. The van der Waals surface area contributed by atoms with E-state index in [0.29, 0.717) is 43.5 Å². The molecule has 1 aromatic carbocycles. The molecule has 0 unspecified atom stereocenters. The Kier molecular flexibility index (Phi) is 7.49. The van der Waals surface area contributed by atoms with Gasteiger partial charge in [-0.2, -0.15) is 0 Å². The second-order valence-electron chi connectivity index (χ2n) is 7.96. The molecule has 0 atom stereocenters. The number of piperidine rings is 1. The van der Waals surface area contributed by atoms with Crippen molar-refractivity contribution in [2.24, 2.45) is 11.8 Å². The molecule has 1 aliphatic rings. The zero-order valence-electron chi connectivity index (χ0n) is 16.5. The van der Waals surface area contributed by atoms with Gasteiger partial charge in [-0.1, -0.05) is 33.8 Å². The summed E-state index contributed by atoms with van der Waals surface area (Å²) in [5, 5.41) is 3.10. The topological polar surface area (TPSA) is 58.6 Å². The number of nitrogens with one attached hydrogen (secondary N) is 1. The minimum Gasteiger partial charge on any atom is -0.493 e. The van der Waals surface area contributed by atoms with Crippen molar-refractivity contribution in [1.82, 2.24) is 10.2 Å². The minimum absolute atomic E-state index is 0.0769. The van der Waals surface area contributed by atoms with Crippen LogP contribution in [0.2, 0.25) is 0 Å². The van der Waals surface area contributed by atoms with Crippen molar-refractivity contribution < 1.29 is 14.3 Å². The van der Waals surface area contributed by atoms with E-state index in [1.165, 1.54) is 0 Å². The van der Waals surface area contributed by atoms with E-state index in [-0.39, 0.29) is 17.9 Å². The third kappa shape index (κ3) is 6.36. The number of nitrogens with zero attached hydrogens (tertiary/aromatic N) is 1. The molecule has 5 nitrogen and oxygen atoms in total. The lowest BCUT2D eigenvalue weighted by Crippen LogP contribution is -2.46. The zero-order chi connectivity index (χ0) is 19.1. The zero-order valence-corrected chi connectivity index (χ0v) is 16.5. The van der Waals surface area contributed by atoms with Crippen molar-refractivity contribution in [1.29, 1.82) is 0 Å². The average Bonchev–Trinajstić information content (AvgIpc) is 2.60. The Labute approximate surface area is 157 Å². The van der Waals surface area contributed by atoms with E-state index < -0.39 is 0 Å². The lowest BCUT2D eigenvalue weighted by molar-refractivity contribution is -0.133. The van der Waals surface area contributed by atoms with E-state index in [9.17, 15) is 9.59 Å². The molecule has 26 heavy (non-hydrogen) atoms. The summed E-state index contributed by atoms with van der Waals surface area (Å²) >= 11 is 0. The van der Waals surface area contributed by atoms with E-state index in [0.717, 1.165) is 18.6 Å². The molecule has 0 radical (unpaired) electrons. The molecule has 0 saturated carbocycles. The maximum Gasteiger partial charge on any atom is 0.251 e. The van der Waals surface area contributed by atoms with Gasteiger partial charge in [0.15, 0.2) is 0 Å². The lowest BCUT2D eigenvalue weighted by Gasteiger charge is -2.33. The second kappa shape index (κ2) is 9.60. The number of carbonyl (C=O) groups excluding carboxylic acids is 2. The number of likely N-dealkylation sites (tertiary alicyclic amines) is 1. The van der Waals surface area contributed by atoms with E-state index in [1.807, 2.05) is 17.0 Å². The molecule has 0 aromatic heterocycles. The monoisotopic (exact) mass is 360 g/mol. The van der Waals surface area contributed by atoms with Crippen molar-refractivity contribution in [3.05, 3.63) is 29.8 Å². The van der Waals surface area contributed by atoms with Gasteiger partial charge in [-0.05, 0) is 42.9 Å². The summed E-state index contributed by atoms with van der Waals surface area (Å²) in [5.41, 5.74) is 0.615. The van der Waals surface area contributed by atoms with Gasteiger partial charge < -0.3 is 15.0 Å². The molecule has 0 aliphatic carbocycles. The summed E-state index contributed by atoms with van der Waals surface area (Å²) in [6, 6.07) is 7.43. The molecule has 2 rings (SSSR count). The average molecular weight is 360 g/mol. The van der Waals surface area contributed by atoms with Crippen LogP contribution in [0.4, 0.5) is 0 Å². The third-order valence-corrected chi connectivity index (χ3v) is 4.45. The first-order valence-corrected chi connectivity index (χ1v) is 9.66. The number of benzene rings is 1. The summed E-state index contributed by atoms with van der Waals surface area (Å²) < 4.78 is 5.70. The Hall–Kier alpha value is -2.04. The summed E-state index contributed by atoms with van der Waals surface area (Å²) in [5.74, 6) is 1.69. The minimum atomic E-state index is -0.0769. The van der Waals surface area contributed by atoms with E-state index in [4.69, 9.17) is 4.74 Å². The molecule has 144 valence electrons. The quantitative estimate of drug-likeness (QED) is 0.810. The Balaban J connectivity index is 1.83. The Bertz CT molecular complexity index is 605. The van der Waals surface area contributed by atoms with Gasteiger partial charge in [0.2, 0.25) is 5.91 Å². The van der Waals surface area contributed by atoms with Gasteiger partial charge >= 0.3 is 0 Å². The Morgan fingerprint density at radius 3 is 2.46 bits per heavy atom. The molecule has 1 heterocycles. The van der Waals surface area contributed by atoms with Gasteiger partial charge in [-0.15, -0.1) is 0 Å². The standard InChI is InChI=1S/C21H32N2O3/c1-15(2)12-20(24)23-10-8-18(9-11-23)22-21(25)17-6-5-7-19(13-17)26-14-16(3)4/h5-7,13,15-16,18H,8-12,14H2,1-4H3,(H,22,25). The van der Waals surface area contributed by atoms with Crippen molar-refractivity contribution in [2.75, 3.05) is 19.7 Å². The van der Waals surface area contributed by atoms with Gasteiger partial charge in [0.05, 0.1) is 6.61 Å². The van der Waals surface area contributed by atoms with Crippen molar-refractivity contribution >= 4 is 11.8 Å². The van der Waals surface area contributed by atoms with Crippen LogP contribution in [0, 0.1) is 11.8 Å². The number of hydrogen-bond donors (Lipinski definition) is 1. The highest BCUT2D eigenvalue weighted by Crippen LogP contribution is 2.17. The molecule has 0 bridgehead atoms. The normalized spacial score (nSPS) is 15.4. The number of amides is 2. The second-order valence-corrected chi connectivity index (χ2v) is 7.96. The fourth-order valence-electron chi connectivity index (χ4n) is 3.01. The van der Waals surface area contributed by atoms with Crippen LogP contribution in [0.25, 0.3) is 0 Å². The predicted octanol–water partition coefficient (Wildman–Crippen LogP) is 3.49. The fraction of sp³-hybridized carbons (Fsp3) is 0.619. The van der Waals surface area contributed by atoms with Gasteiger partial charge in [-0.3, -0.25) is 9.59 Å². The summed E-state index contributed by atoms with van der Waals surface area (Å²) in [4.78, 5) is 26.6. The van der Waals surface area contributed by atoms with Crippen molar-refractivity contribution in [3.63, 3.8) is 0 Å². The first-order valence-electron chi connectivity index (χ1n) is 9.66. The maximum absolute atomic E-state index is 12.5. The molecular formula is C21H32N2O3. The molecular weight excluding hydrogens is 328 g/mol. The largest absolute Gasteiger partial charge is 0.493 e. The number of rotatable bonds is 7. The van der Waals surface area contributed by atoms with E-state index in [2.05, 4.69) is 33.0 Å². The van der Waals surface area contributed by atoms with Crippen LogP contribution in [-0.2, 0) is 4.79 Å². The number of carbonyl (C=O) groups is 2. The first-order chi connectivity index (χ1) is 12.3. The van der Waals surface area contributed by atoms with Crippen molar-refractivity contribution in [2.45, 2.75) is 53.0 Å². The van der Waals surface area contributed by atoms with Crippen LogP contribution in [0.15, 0.2) is 24.3 Å². The van der Waals surface area contributed by atoms with Crippen LogP contribution in [-0.4, -0.2) is 42.5 Å². The summed E-state index contributed by atoms with van der Waals surface area (Å²) in [6.45, 7) is 10.4. The lowest BCUT2D eigenvalue weighted by atomic mass is 10.0. The predicted molar refractivity (Wildman–Crippen MR) is 103 cm³/mol. The maximum atomic E-state index is 12.5. The smallest absolute Gasteiger partial charge is 0.251 e. The third-order valence-electron chi connectivity index (χ3n) is 4.45. The van der Waals surface area contributed by atoms with Crippen LogP contribution in [0.1, 0.15) is 57.3 Å². The van der Waals surface area contributed by atoms with Crippen LogP contribution < -0.4 is 10.1 Å². The van der Waals surface area contributed by atoms with Crippen molar-refractivity contribution in [3.8, 4) is 5.75 Å². The molecule has 1 aromatic rings. The van der Waals surface area contributed by atoms with Crippen LogP contribution in [0.5, 0.6) is 5.75 Å². The Morgan fingerprint density at radius 2 is 1.85 bits per heavy atom. The molecule has 1 N–H and O–H groups in total. The fourth-order valence-corrected chi connectivity index (χ4v) is 3.01. The first kappa shape index (κ1) is 20.3. The SMILES string of the molecule is CC(C)COc1cccc(C(=O)NC2CCN(C(=O)CC(C)C)CC2)c1. The molecule has 1 saturated heterocycles.